The van der Waals surface area contributed by atoms with E-state index in [2.05, 4.69) is 0 Å². The minimum atomic E-state index is -6.52. The summed E-state index contributed by atoms with van der Waals surface area (Å²) in [6.45, 7) is 9.78. The zero-order valence-corrected chi connectivity index (χ0v) is 27.8. The van der Waals surface area contributed by atoms with Gasteiger partial charge in [-0.05, 0) is 0 Å². The molecule has 0 spiro atoms. The Bertz CT molecular complexity index is 831. The molecule has 0 fully saturated rings. The van der Waals surface area contributed by atoms with Crippen LogP contribution in [0.3, 0.4) is 0 Å². The van der Waals surface area contributed by atoms with Gasteiger partial charge in [0.05, 0.1) is 0 Å². The molecular weight excluding hydrogens is 620 g/mol. The predicted molar refractivity (Wildman–Crippen MR) is 143 cm³/mol. The normalized spacial score (nSPS) is 15.2. The second kappa shape index (κ2) is 18.8. The van der Waals surface area contributed by atoms with Crippen molar-refractivity contribution in [3.05, 3.63) is 0 Å². The van der Waals surface area contributed by atoms with Crippen molar-refractivity contribution in [1.29, 1.82) is 0 Å². The molecule has 12 nitrogen and oxygen atoms in total. The van der Waals surface area contributed by atoms with Crippen molar-refractivity contribution >= 4 is 47.0 Å². The maximum atomic E-state index is 13.7. The first kappa shape index (κ1) is 38.4. The number of carbonyl (C=O) groups is 8. The van der Waals surface area contributed by atoms with Crippen LogP contribution in [0, 0.1) is 0 Å². The summed E-state index contributed by atoms with van der Waals surface area (Å²) < 4.78 is 12.8. The Balaban J connectivity index is 8.42. The summed E-state index contributed by atoms with van der Waals surface area (Å²) in [4.78, 5) is 109. The molecule has 0 heterocycles. The molecule has 4 atom stereocenters. The second-order valence-electron chi connectivity index (χ2n) is 9.84. The molecule has 0 aromatic rings. The van der Waals surface area contributed by atoms with Gasteiger partial charge in [-0.15, -0.1) is 0 Å². The van der Waals surface area contributed by atoms with Crippen LogP contribution in [0.4, 0.5) is 0 Å². The molecule has 0 aromatic heterocycles. The van der Waals surface area contributed by atoms with Gasteiger partial charge >= 0.3 is 247 Å². The van der Waals surface area contributed by atoms with Crippen LogP contribution in [-0.4, -0.2) is 73.4 Å². The average Bonchev–Trinajstić information content (AvgIpc) is 2.87. The van der Waals surface area contributed by atoms with Gasteiger partial charge in [0.15, 0.2) is 0 Å². The fraction of sp³-hybridized carbons (Fsp3) is 0.714. The van der Waals surface area contributed by atoms with Crippen LogP contribution in [0.2, 0.25) is 14.5 Å². The van der Waals surface area contributed by atoms with Crippen LogP contribution in [0.5, 0.6) is 0 Å². The van der Waals surface area contributed by atoms with E-state index in [-0.39, 0.29) is 26.4 Å². The summed E-state index contributed by atoms with van der Waals surface area (Å²) in [6.07, 6.45) is 1.27. The first-order chi connectivity index (χ1) is 19.2. The summed E-state index contributed by atoms with van der Waals surface area (Å²) in [5.41, 5.74) is 0. The molecular formula is C28H44O12Zr. The second-order valence-corrected chi connectivity index (χ2v) is 20.4. The average molecular weight is 664 g/mol. The third kappa shape index (κ3) is 9.75. The van der Waals surface area contributed by atoms with E-state index in [4.69, 9.17) is 18.9 Å². The van der Waals surface area contributed by atoms with Crippen LogP contribution in [-0.2, 0) is 77.6 Å². The molecule has 0 N–H and O–H groups in total. The summed E-state index contributed by atoms with van der Waals surface area (Å²) in [7, 11) is 0. The molecule has 0 radical (unpaired) electrons. The van der Waals surface area contributed by atoms with Gasteiger partial charge in [-0.25, -0.2) is 0 Å². The third-order valence-corrected chi connectivity index (χ3v) is 22.5. The van der Waals surface area contributed by atoms with Crippen molar-refractivity contribution in [3.8, 4) is 0 Å². The summed E-state index contributed by atoms with van der Waals surface area (Å²) in [5.74, 6) is -8.85. The van der Waals surface area contributed by atoms with E-state index in [0.717, 1.165) is 27.7 Å². The molecule has 13 heteroatoms. The topological polar surface area (TPSA) is 173 Å². The molecule has 0 saturated heterocycles. The van der Waals surface area contributed by atoms with Crippen molar-refractivity contribution in [2.75, 3.05) is 26.4 Å². The van der Waals surface area contributed by atoms with Crippen molar-refractivity contribution < 1.29 is 77.6 Å². The van der Waals surface area contributed by atoms with Crippen molar-refractivity contribution in [1.82, 2.24) is 0 Å². The molecule has 0 saturated carbocycles. The number of hydrogen-bond acceptors (Lipinski definition) is 12. The first-order valence-electron chi connectivity index (χ1n) is 13.9. The van der Waals surface area contributed by atoms with Crippen LogP contribution in [0.25, 0.3) is 0 Å². The van der Waals surface area contributed by atoms with Gasteiger partial charge in [0.1, 0.15) is 0 Å². The Morgan fingerprint density at radius 2 is 0.585 bits per heavy atom. The molecule has 0 amide bonds. The number of Topliss-reactive ketones (excluding diaryl/α,β-unsaturated/α-hetero) is 4. The molecule has 4 unspecified atom stereocenters. The van der Waals surface area contributed by atoms with Crippen LogP contribution in [0.15, 0.2) is 0 Å². The van der Waals surface area contributed by atoms with Crippen molar-refractivity contribution in [3.63, 3.8) is 0 Å². The van der Waals surface area contributed by atoms with E-state index in [1.165, 1.54) is 0 Å². The standard InChI is InChI=1S/4C7H11O3.Zr/c4*1-3-4-10-7(9)5-6(2)8;/h4*5H,3-4H2,1-2H3;. The maximum absolute atomic E-state index is 13.7. The molecule has 0 aromatic carbocycles. The van der Waals surface area contributed by atoms with Gasteiger partial charge in [0.2, 0.25) is 0 Å². The molecule has 41 heavy (non-hydrogen) atoms. The predicted octanol–water partition coefficient (Wildman–Crippen LogP) is 3.46. The van der Waals surface area contributed by atoms with Gasteiger partial charge in [0.25, 0.3) is 0 Å². The van der Waals surface area contributed by atoms with Gasteiger partial charge < -0.3 is 0 Å². The minimum absolute atomic E-state index is 0.189. The quantitative estimate of drug-likeness (QED) is 0.106. The Morgan fingerprint density at radius 3 is 0.707 bits per heavy atom. The number of hydrogen-bond donors (Lipinski definition) is 0. The van der Waals surface area contributed by atoms with E-state index in [9.17, 15) is 38.4 Å². The Morgan fingerprint density at radius 1 is 0.415 bits per heavy atom. The van der Waals surface area contributed by atoms with Gasteiger partial charge in [-0.1, -0.05) is 0 Å². The number of carbonyl (C=O) groups excluding carboxylic acids is 8. The summed E-state index contributed by atoms with van der Waals surface area (Å²) >= 11 is -6.52. The SMILES string of the molecule is CCCOC(=O)[CH](C(C)=O)[Zr]([CH](C(C)=O)C(=O)OCCC)([CH](C(C)=O)C(=O)OCCC)[CH](C(C)=O)C(=O)OCCC. The Hall–Kier alpha value is -2.56. The van der Waals surface area contributed by atoms with E-state index in [0.29, 0.717) is 25.7 Å². The summed E-state index contributed by atoms with van der Waals surface area (Å²) in [6, 6.07) is 0. The molecule has 0 aliphatic heterocycles. The van der Waals surface area contributed by atoms with Gasteiger partial charge in [0, 0.05) is 0 Å². The first-order valence-corrected chi connectivity index (χ1v) is 19.6. The summed E-state index contributed by atoms with van der Waals surface area (Å²) in [5, 5.41) is 0. The molecule has 0 aliphatic rings. The zero-order valence-electron chi connectivity index (χ0n) is 25.4. The number of esters is 4. The monoisotopic (exact) mass is 662 g/mol. The third-order valence-electron chi connectivity index (χ3n) is 6.36. The van der Waals surface area contributed by atoms with Crippen LogP contribution >= 0.6 is 0 Å². The van der Waals surface area contributed by atoms with Crippen LogP contribution in [0.1, 0.15) is 81.1 Å². The zero-order chi connectivity index (χ0) is 31.9. The molecule has 232 valence electrons. The molecule has 0 aliphatic carbocycles. The van der Waals surface area contributed by atoms with Crippen molar-refractivity contribution in [2.24, 2.45) is 0 Å². The van der Waals surface area contributed by atoms with Gasteiger partial charge in [-0.3, -0.25) is 0 Å². The fourth-order valence-electron chi connectivity index (χ4n) is 5.03. The number of rotatable bonds is 20. The number of ketones is 4. The van der Waals surface area contributed by atoms with Crippen LogP contribution < -0.4 is 0 Å². The van der Waals surface area contributed by atoms with Crippen molar-refractivity contribution in [2.45, 2.75) is 95.6 Å². The van der Waals surface area contributed by atoms with E-state index in [1.807, 2.05) is 0 Å². The van der Waals surface area contributed by atoms with E-state index < -0.39 is 81.8 Å². The fourth-order valence-corrected chi connectivity index (χ4v) is 21.7. The van der Waals surface area contributed by atoms with E-state index in [1.54, 1.807) is 27.7 Å². The molecule has 0 rings (SSSR count). The van der Waals surface area contributed by atoms with Gasteiger partial charge in [-0.2, -0.15) is 0 Å². The Labute approximate surface area is 245 Å². The van der Waals surface area contributed by atoms with E-state index >= 15 is 0 Å². The Kier molecular flexibility index (Phi) is 17.6. The number of ether oxygens (including phenoxy) is 4. The molecule has 0 bridgehead atoms.